The van der Waals surface area contributed by atoms with Crippen LogP contribution >= 0.6 is 34.7 Å². The third kappa shape index (κ3) is 2.19. The van der Waals surface area contributed by atoms with E-state index < -0.39 is 0 Å². The molecule has 0 radical (unpaired) electrons. The summed E-state index contributed by atoms with van der Waals surface area (Å²) in [5, 5.41) is 10.2. The average Bonchev–Trinajstić information content (AvgIpc) is 2.70. The van der Waals surface area contributed by atoms with Crippen molar-refractivity contribution >= 4 is 34.7 Å². The van der Waals surface area contributed by atoms with Crippen LogP contribution in [-0.4, -0.2) is 23.8 Å². The smallest absolute Gasteiger partial charge is 0.429 e. The molecule has 2 aromatic rings. The first-order chi connectivity index (χ1) is 8.58. The Labute approximate surface area is 117 Å². The van der Waals surface area contributed by atoms with Gasteiger partial charge >= 0.3 is 5.88 Å². The van der Waals surface area contributed by atoms with E-state index in [0.717, 1.165) is 11.5 Å². The molecule has 5 nitrogen and oxygen atoms in total. The Bertz CT molecular complexity index is 589. The Morgan fingerprint density at radius 3 is 2.39 bits per heavy atom. The van der Waals surface area contributed by atoms with Crippen LogP contribution in [0.2, 0.25) is 9.36 Å². The third-order valence-corrected chi connectivity index (χ3v) is 3.52. The number of halogens is 2. The van der Waals surface area contributed by atoms with Crippen LogP contribution in [0.1, 0.15) is 0 Å². The van der Waals surface area contributed by atoms with Crippen molar-refractivity contribution in [1.82, 2.24) is 4.49 Å². The molecule has 0 fully saturated rings. The van der Waals surface area contributed by atoms with Gasteiger partial charge in [0.1, 0.15) is 5.75 Å². The molecule has 0 unspecified atom stereocenters. The fraction of sp³-hybridized carbons (Fsp3) is 0.200. The monoisotopic (exact) mass is 307 g/mol. The second-order valence-corrected chi connectivity index (χ2v) is 5.00. The summed E-state index contributed by atoms with van der Waals surface area (Å²) in [5.41, 5.74) is 0.476. The minimum atomic E-state index is -0.166. The molecule has 0 aliphatic carbocycles. The Morgan fingerprint density at radius 2 is 1.89 bits per heavy atom. The summed E-state index contributed by atoms with van der Waals surface area (Å²) in [5.74, 6) is 0.762. The largest absolute Gasteiger partial charge is 0.495 e. The number of rotatable bonds is 3. The maximum atomic E-state index is 9.78. The van der Waals surface area contributed by atoms with E-state index >= 15 is 0 Å². The molecule has 96 valence electrons. The van der Waals surface area contributed by atoms with E-state index in [4.69, 9.17) is 32.7 Å². The van der Waals surface area contributed by atoms with Crippen molar-refractivity contribution in [2.75, 3.05) is 14.2 Å². The summed E-state index contributed by atoms with van der Waals surface area (Å²) >= 11 is 12.8. The van der Waals surface area contributed by atoms with Gasteiger partial charge in [-0.05, 0) is 0 Å². The zero-order chi connectivity index (χ0) is 13.3. The highest BCUT2D eigenvalue weighted by Gasteiger charge is 2.28. The molecule has 1 aromatic carbocycles. The van der Waals surface area contributed by atoms with Crippen LogP contribution in [0, 0.1) is 0 Å². The summed E-state index contributed by atoms with van der Waals surface area (Å²) in [6.07, 6.45) is 0. The van der Waals surface area contributed by atoms with E-state index in [1.807, 2.05) is 0 Å². The predicted octanol–water partition coefficient (Wildman–Crippen LogP) is 2.45. The van der Waals surface area contributed by atoms with Crippen LogP contribution in [0.5, 0.6) is 17.4 Å². The van der Waals surface area contributed by atoms with E-state index in [0.29, 0.717) is 22.2 Å². The van der Waals surface area contributed by atoms with Crippen molar-refractivity contribution in [1.29, 1.82) is 0 Å². The van der Waals surface area contributed by atoms with Crippen LogP contribution in [0.25, 0.3) is 5.69 Å². The lowest BCUT2D eigenvalue weighted by molar-refractivity contribution is -0.657. The van der Waals surface area contributed by atoms with Crippen molar-refractivity contribution in [3.8, 4) is 23.1 Å². The van der Waals surface area contributed by atoms with Crippen molar-refractivity contribution in [2.24, 2.45) is 0 Å². The first-order valence-electron chi connectivity index (χ1n) is 4.76. The van der Waals surface area contributed by atoms with E-state index in [9.17, 15) is 5.11 Å². The van der Waals surface area contributed by atoms with Crippen molar-refractivity contribution in [2.45, 2.75) is 0 Å². The molecular weight excluding hydrogens is 299 g/mol. The van der Waals surface area contributed by atoms with Crippen LogP contribution < -0.4 is 14.2 Å². The highest BCUT2D eigenvalue weighted by atomic mass is 35.5. The predicted molar refractivity (Wildman–Crippen MR) is 68.4 cm³/mol. The van der Waals surface area contributed by atoms with Gasteiger partial charge in [-0.25, -0.2) is 0 Å². The van der Waals surface area contributed by atoms with Gasteiger partial charge in [-0.1, -0.05) is 23.2 Å². The van der Waals surface area contributed by atoms with E-state index in [-0.39, 0.29) is 10.2 Å². The minimum absolute atomic E-state index is 0.166. The quantitative estimate of drug-likeness (QED) is 0.885. The zero-order valence-electron chi connectivity index (χ0n) is 9.48. The highest BCUT2D eigenvalue weighted by molar-refractivity contribution is 7.10. The Balaban J connectivity index is 2.63. The first kappa shape index (κ1) is 13.2. The summed E-state index contributed by atoms with van der Waals surface area (Å²) < 4.78 is 15.7. The van der Waals surface area contributed by atoms with Gasteiger partial charge in [0, 0.05) is 16.8 Å². The molecule has 0 aliphatic rings. The lowest BCUT2D eigenvalue weighted by Gasteiger charge is -2.06. The van der Waals surface area contributed by atoms with Gasteiger partial charge in [-0.3, -0.25) is 0 Å². The molecule has 0 bridgehead atoms. The maximum Gasteiger partial charge on any atom is 0.429 e. The fourth-order valence-corrected chi connectivity index (χ4v) is 2.30. The van der Waals surface area contributed by atoms with Gasteiger partial charge in [0.25, 0.3) is 5.69 Å². The first-order valence-corrected chi connectivity index (χ1v) is 6.29. The Hall–Kier alpha value is -1.24. The molecule has 18 heavy (non-hydrogen) atoms. The van der Waals surface area contributed by atoms with Gasteiger partial charge in [-0.15, -0.1) is 0 Å². The number of hydrogen-bond donors (Lipinski definition) is 1. The number of nitrogens with zero attached hydrogens (tertiary/aromatic N) is 2. The van der Waals surface area contributed by atoms with Crippen LogP contribution in [0.15, 0.2) is 12.1 Å². The molecule has 8 heteroatoms. The van der Waals surface area contributed by atoms with Gasteiger partial charge in [0.2, 0.25) is 4.34 Å². The van der Waals surface area contributed by atoms with Gasteiger partial charge < -0.3 is 14.6 Å². The van der Waals surface area contributed by atoms with E-state index in [1.54, 1.807) is 12.1 Å². The lowest BCUT2D eigenvalue weighted by Crippen LogP contribution is -2.32. The Kier molecular flexibility index (Phi) is 3.79. The molecule has 0 atom stereocenters. The normalized spacial score (nSPS) is 10.4. The SMILES string of the molecule is COc1cc(OC)c(-[n+]2nsc(Cl)c2O)cc1Cl. The number of benzene rings is 1. The molecular formula is C10H9Cl2N2O3S+. The third-order valence-electron chi connectivity index (χ3n) is 2.26. The number of hydrogen-bond acceptors (Lipinski definition) is 5. The molecule has 0 amide bonds. The molecule has 0 saturated carbocycles. The van der Waals surface area contributed by atoms with Crippen molar-refractivity contribution in [3.63, 3.8) is 0 Å². The standard InChI is InChI=1S/C10H8Cl2N2O3S/c1-16-7-4-8(17-2)6(3-5(7)11)14-10(15)9(12)18-13-14/h3-4H,1-2H3/p+1. The summed E-state index contributed by atoms with van der Waals surface area (Å²) in [4.78, 5) is 0. The van der Waals surface area contributed by atoms with Crippen LogP contribution in [0.3, 0.4) is 0 Å². The number of aromatic hydroxyl groups is 1. The second-order valence-electron chi connectivity index (χ2n) is 3.24. The van der Waals surface area contributed by atoms with Crippen molar-refractivity contribution in [3.05, 3.63) is 21.5 Å². The number of methoxy groups -OCH3 is 2. The van der Waals surface area contributed by atoms with Crippen LogP contribution in [-0.2, 0) is 0 Å². The molecule has 0 aliphatic heterocycles. The van der Waals surface area contributed by atoms with E-state index in [1.165, 1.54) is 18.9 Å². The minimum Gasteiger partial charge on any atom is -0.495 e. The topological polar surface area (TPSA) is 55.5 Å². The Morgan fingerprint density at radius 1 is 1.22 bits per heavy atom. The number of aromatic nitrogens is 2. The van der Waals surface area contributed by atoms with Gasteiger partial charge in [-0.2, -0.15) is 0 Å². The highest BCUT2D eigenvalue weighted by Crippen LogP contribution is 2.34. The molecule has 1 N–H and O–H groups in total. The zero-order valence-corrected chi connectivity index (χ0v) is 11.8. The molecule has 2 rings (SSSR count). The molecule has 0 spiro atoms. The van der Waals surface area contributed by atoms with E-state index in [2.05, 4.69) is 4.49 Å². The fourth-order valence-electron chi connectivity index (χ4n) is 1.41. The summed E-state index contributed by atoms with van der Waals surface area (Å²) in [6.45, 7) is 0. The summed E-state index contributed by atoms with van der Waals surface area (Å²) in [7, 11) is 3.00. The van der Waals surface area contributed by atoms with Gasteiger partial charge in [0.15, 0.2) is 5.75 Å². The second kappa shape index (κ2) is 5.17. The van der Waals surface area contributed by atoms with Gasteiger partial charge in [0.05, 0.1) is 35.3 Å². The number of ether oxygens (including phenoxy) is 2. The molecule has 0 saturated heterocycles. The lowest BCUT2D eigenvalue weighted by atomic mass is 10.2. The van der Waals surface area contributed by atoms with Crippen LogP contribution in [0.4, 0.5) is 0 Å². The summed E-state index contributed by atoms with van der Waals surface area (Å²) in [6, 6.07) is 3.19. The molecule has 1 heterocycles. The maximum absolute atomic E-state index is 9.78. The molecule has 1 aromatic heterocycles. The van der Waals surface area contributed by atoms with Crippen molar-refractivity contribution < 1.29 is 19.3 Å². The average molecular weight is 308 g/mol.